The van der Waals surface area contributed by atoms with Crippen LogP contribution in [0.4, 0.5) is 0 Å². The zero-order valence-electron chi connectivity index (χ0n) is 11.0. The van der Waals surface area contributed by atoms with Crippen LogP contribution in [-0.2, 0) is 19.5 Å². The average molecular weight is 268 g/mol. The van der Waals surface area contributed by atoms with E-state index in [0.717, 1.165) is 0 Å². The molecule has 0 fully saturated rings. The molecule has 2 unspecified atom stereocenters. The number of nitrogens with zero attached hydrogens (tertiary/aromatic N) is 1. The summed E-state index contributed by atoms with van der Waals surface area (Å²) in [5.74, 6) is 0. The summed E-state index contributed by atoms with van der Waals surface area (Å²) >= 11 is 0. The molecule has 0 saturated carbocycles. The van der Waals surface area contributed by atoms with Gasteiger partial charge in [0.15, 0.2) is 0 Å². The number of rotatable bonds is 9. The van der Waals surface area contributed by atoms with E-state index < -0.39 is 15.3 Å². The molecule has 104 valence electrons. The summed E-state index contributed by atoms with van der Waals surface area (Å²) in [4.78, 5) is 0. The van der Waals surface area contributed by atoms with Crippen LogP contribution in [0, 0.1) is 0 Å². The number of ether oxygens (including phenoxy) is 2. The standard InChI is InChI=1S/C10H24N2O4S/c1-9(8-16-4)12(5-6-15-3)17(13,14)10(2)7-11/h9-10H,5-8,11H2,1-4H3. The quantitative estimate of drug-likeness (QED) is 0.618. The molecular formula is C10H24N2O4S. The highest BCUT2D eigenvalue weighted by Gasteiger charge is 2.31. The first kappa shape index (κ1) is 16.8. The van der Waals surface area contributed by atoms with Crippen molar-refractivity contribution in [2.75, 3.05) is 40.5 Å². The lowest BCUT2D eigenvalue weighted by molar-refractivity contribution is 0.118. The fourth-order valence-corrected chi connectivity index (χ4v) is 3.05. The molecule has 7 heteroatoms. The fraction of sp³-hybridized carbons (Fsp3) is 1.00. The van der Waals surface area contributed by atoms with Gasteiger partial charge >= 0.3 is 0 Å². The van der Waals surface area contributed by atoms with Gasteiger partial charge in [0.05, 0.1) is 18.5 Å². The van der Waals surface area contributed by atoms with Crippen molar-refractivity contribution in [1.29, 1.82) is 0 Å². The van der Waals surface area contributed by atoms with Crippen molar-refractivity contribution in [3.8, 4) is 0 Å². The molecule has 2 atom stereocenters. The molecule has 0 saturated heterocycles. The SMILES string of the molecule is COCCN(C(C)COC)S(=O)(=O)C(C)CN. The second-order valence-electron chi connectivity index (χ2n) is 4.00. The summed E-state index contributed by atoms with van der Waals surface area (Å²) in [7, 11) is -0.311. The van der Waals surface area contributed by atoms with E-state index in [9.17, 15) is 8.42 Å². The van der Waals surface area contributed by atoms with Crippen molar-refractivity contribution in [3.63, 3.8) is 0 Å². The summed E-state index contributed by atoms with van der Waals surface area (Å²) in [6.07, 6.45) is 0. The van der Waals surface area contributed by atoms with Gasteiger partial charge in [-0.05, 0) is 13.8 Å². The van der Waals surface area contributed by atoms with E-state index in [-0.39, 0.29) is 12.6 Å². The molecule has 2 N–H and O–H groups in total. The van der Waals surface area contributed by atoms with Crippen LogP contribution < -0.4 is 5.73 Å². The predicted octanol–water partition coefficient (Wildman–Crippen LogP) is -0.353. The van der Waals surface area contributed by atoms with E-state index in [1.165, 1.54) is 11.4 Å². The molecule has 0 rings (SSSR count). The van der Waals surface area contributed by atoms with Gasteiger partial charge < -0.3 is 15.2 Å². The van der Waals surface area contributed by atoms with E-state index in [4.69, 9.17) is 15.2 Å². The van der Waals surface area contributed by atoms with Gasteiger partial charge in [-0.2, -0.15) is 4.31 Å². The van der Waals surface area contributed by atoms with Crippen LogP contribution >= 0.6 is 0 Å². The Morgan fingerprint density at radius 3 is 2.24 bits per heavy atom. The van der Waals surface area contributed by atoms with Crippen LogP contribution in [0.3, 0.4) is 0 Å². The van der Waals surface area contributed by atoms with Crippen molar-refractivity contribution in [1.82, 2.24) is 4.31 Å². The fourth-order valence-electron chi connectivity index (χ4n) is 1.46. The minimum absolute atomic E-state index is 0.103. The highest BCUT2D eigenvalue weighted by atomic mass is 32.2. The largest absolute Gasteiger partial charge is 0.383 e. The van der Waals surface area contributed by atoms with E-state index in [0.29, 0.717) is 19.8 Å². The third-order valence-electron chi connectivity index (χ3n) is 2.58. The van der Waals surface area contributed by atoms with Crippen molar-refractivity contribution >= 4 is 10.0 Å². The average Bonchev–Trinajstić information content (AvgIpc) is 2.28. The number of sulfonamides is 1. The van der Waals surface area contributed by atoms with Crippen LogP contribution in [0.1, 0.15) is 13.8 Å². The molecule has 0 bridgehead atoms. The second kappa shape index (κ2) is 7.99. The minimum Gasteiger partial charge on any atom is -0.383 e. The van der Waals surface area contributed by atoms with Crippen LogP contribution in [0.25, 0.3) is 0 Å². The number of nitrogens with two attached hydrogens (primary N) is 1. The summed E-state index contributed by atoms with van der Waals surface area (Å²) in [6, 6.07) is -0.228. The monoisotopic (exact) mass is 268 g/mol. The third kappa shape index (κ3) is 4.89. The topological polar surface area (TPSA) is 81.9 Å². The molecule has 0 aromatic carbocycles. The van der Waals surface area contributed by atoms with E-state index in [1.54, 1.807) is 21.0 Å². The molecule has 0 amide bonds. The lowest BCUT2D eigenvalue weighted by Gasteiger charge is -2.30. The van der Waals surface area contributed by atoms with Gasteiger partial charge in [-0.3, -0.25) is 0 Å². The first-order chi connectivity index (χ1) is 7.91. The van der Waals surface area contributed by atoms with Crippen molar-refractivity contribution < 1.29 is 17.9 Å². The molecule has 0 aliphatic carbocycles. The number of hydrogen-bond acceptors (Lipinski definition) is 5. The summed E-state index contributed by atoms with van der Waals surface area (Å²) in [6.45, 7) is 4.53. The maximum absolute atomic E-state index is 12.2. The molecule has 0 heterocycles. The molecular weight excluding hydrogens is 244 g/mol. The third-order valence-corrected chi connectivity index (χ3v) is 4.99. The minimum atomic E-state index is -3.40. The molecule has 6 nitrogen and oxygen atoms in total. The van der Waals surface area contributed by atoms with Crippen LogP contribution in [0.2, 0.25) is 0 Å². The van der Waals surface area contributed by atoms with Gasteiger partial charge in [0.25, 0.3) is 0 Å². The highest BCUT2D eigenvalue weighted by molar-refractivity contribution is 7.89. The normalized spacial score (nSPS) is 16.1. The van der Waals surface area contributed by atoms with Gasteiger partial charge in [-0.1, -0.05) is 0 Å². The van der Waals surface area contributed by atoms with Crippen molar-refractivity contribution in [3.05, 3.63) is 0 Å². The second-order valence-corrected chi connectivity index (χ2v) is 6.30. The molecule has 0 aromatic heterocycles. The summed E-state index contributed by atoms with van der Waals surface area (Å²) in [5.41, 5.74) is 5.43. The smallest absolute Gasteiger partial charge is 0.218 e. The zero-order chi connectivity index (χ0) is 13.5. The van der Waals surface area contributed by atoms with Crippen LogP contribution in [-0.4, -0.2) is 64.5 Å². The predicted molar refractivity (Wildman–Crippen MR) is 67.4 cm³/mol. The molecule has 17 heavy (non-hydrogen) atoms. The lowest BCUT2D eigenvalue weighted by atomic mass is 10.3. The summed E-state index contributed by atoms with van der Waals surface area (Å²) in [5, 5.41) is -0.598. The number of hydrogen-bond donors (Lipinski definition) is 1. The molecule has 0 spiro atoms. The Labute approximate surface area is 104 Å². The van der Waals surface area contributed by atoms with Gasteiger partial charge in [0.1, 0.15) is 0 Å². The van der Waals surface area contributed by atoms with E-state index >= 15 is 0 Å². The van der Waals surface area contributed by atoms with Crippen LogP contribution in [0.5, 0.6) is 0 Å². The van der Waals surface area contributed by atoms with Gasteiger partial charge in [-0.25, -0.2) is 8.42 Å². The number of methoxy groups -OCH3 is 2. The van der Waals surface area contributed by atoms with Gasteiger partial charge in [0, 0.05) is 33.4 Å². The van der Waals surface area contributed by atoms with Gasteiger partial charge in [0.2, 0.25) is 10.0 Å². The molecule has 0 radical (unpaired) electrons. The first-order valence-electron chi connectivity index (χ1n) is 5.60. The van der Waals surface area contributed by atoms with Crippen molar-refractivity contribution in [2.45, 2.75) is 25.1 Å². The Bertz CT molecular complexity index is 295. The zero-order valence-corrected chi connectivity index (χ0v) is 11.9. The van der Waals surface area contributed by atoms with Gasteiger partial charge in [-0.15, -0.1) is 0 Å². The molecule has 0 aliphatic rings. The lowest BCUT2D eigenvalue weighted by Crippen LogP contribution is -2.48. The first-order valence-corrected chi connectivity index (χ1v) is 7.10. The van der Waals surface area contributed by atoms with E-state index in [2.05, 4.69) is 0 Å². The Morgan fingerprint density at radius 1 is 1.24 bits per heavy atom. The Balaban J connectivity index is 4.89. The molecule has 0 aliphatic heterocycles. The van der Waals surface area contributed by atoms with E-state index in [1.807, 2.05) is 0 Å². The van der Waals surface area contributed by atoms with Crippen molar-refractivity contribution in [2.24, 2.45) is 5.73 Å². The Morgan fingerprint density at radius 2 is 1.82 bits per heavy atom. The maximum atomic E-state index is 12.2. The van der Waals surface area contributed by atoms with Crippen LogP contribution in [0.15, 0.2) is 0 Å². The summed E-state index contributed by atoms with van der Waals surface area (Å²) < 4.78 is 35.8. The Hall–Kier alpha value is -0.210. The maximum Gasteiger partial charge on any atom is 0.218 e. The Kier molecular flexibility index (Phi) is 7.89. The molecule has 0 aromatic rings. The highest BCUT2D eigenvalue weighted by Crippen LogP contribution is 2.12.